The number of aromatic nitrogens is 2. The molecule has 192 valence electrons. The van der Waals surface area contributed by atoms with Gasteiger partial charge in [-0.1, -0.05) is 12.1 Å². The van der Waals surface area contributed by atoms with Gasteiger partial charge in [-0.25, -0.2) is 9.78 Å². The van der Waals surface area contributed by atoms with Crippen LogP contribution in [0.25, 0.3) is 0 Å². The van der Waals surface area contributed by atoms with Crippen LogP contribution in [0.5, 0.6) is 0 Å². The fourth-order valence-corrected chi connectivity index (χ4v) is 3.71. The lowest BCUT2D eigenvalue weighted by Gasteiger charge is -2.24. The molecule has 11 nitrogen and oxygen atoms in total. The number of amides is 5. The molecule has 3 aromatic rings. The maximum absolute atomic E-state index is 12.9. The standard InChI is InChI=1S/C23H20F3N7O4/c24-23(25,26)13-3-1-4-14(8-13)30-22(37)31-16-6-2-5-15(9-16)29-17(34)7-12-10-33-11-28-18(19(27)35)20(33)32-21(12)36/h1-6,8-9,11-12H,7,10H2,(H2,27,35)(H,29,34)(H,32,36)(H2,30,31,37). The molecular weight excluding hydrogens is 495 g/mol. The van der Waals surface area contributed by atoms with Crippen molar-refractivity contribution in [3.05, 3.63) is 66.1 Å². The molecule has 1 atom stereocenters. The van der Waals surface area contributed by atoms with Crippen molar-refractivity contribution in [2.75, 3.05) is 21.3 Å². The first kappa shape index (κ1) is 25.2. The average molecular weight is 515 g/mol. The van der Waals surface area contributed by atoms with Crippen LogP contribution < -0.4 is 27.0 Å². The summed E-state index contributed by atoms with van der Waals surface area (Å²) in [7, 11) is 0. The van der Waals surface area contributed by atoms with Crippen LogP contribution in [-0.2, 0) is 22.3 Å². The zero-order valence-corrected chi connectivity index (χ0v) is 18.9. The minimum atomic E-state index is -4.55. The Hall–Kier alpha value is -4.88. The quantitative estimate of drug-likeness (QED) is 0.340. The predicted molar refractivity (Wildman–Crippen MR) is 127 cm³/mol. The van der Waals surface area contributed by atoms with E-state index in [1.54, 1.807) is 12.1 Å². The lowest BCUT2D eigenvalue weighted by molar-refractivity contribution is -0.137. The Kier molecular flexibility index (Phi) is 6.82. The highest BCUT2D eigenvalue weighted by molar-refractivity contribution is 6.04. The lowest BCUT2D eigenvalue weighted by Crippen LogP contribution is -2.36. The molecule has 0 fully saturated rings. The van der Waals surface area contributed by atoms with Crippen molar-refractivity contribution in [2.45, 2.75) is 19.1 Å². The second-order valence-electron chi connectivity index (χ2n) is 8.14. The van der Waals surface area contributed by atoms with Crippen LogP contribution in [0.15, 0.2) is 54.9 Å². The van der Waals surface area contributed by atoms with Gasteiger partial charge < -0.3 is 31.6 Å². The maximum Gasteiger partial charge on any atom is 0.416 e. The Morgan fingerprint density at radius 2 is 1.65 bits per heavy atom. The van der Waals surface area contributed by atoms with Gasteiger partial charge in [0.15, 0.2) is 5.69 Å². The number of carbonyl (C=O) groups is 4. The topological polar surface area (TPSA) is 160 Å². The van der Waals surface area contributed by atoms with Crippen LogP contribution in [0, 0.1) is 5.92 Å². The molecule has 37 heavy (non-hydrogen) atoms. The van der Waals surface area contributed by atoms with E-state index in [2.05, 4.69) is 26.3 Å². The van der Waals surface area contributed by atoms with Crippen LogP contribution >= 0.6 is 0 Å². The van der Waals surface area contributed by atoms with Crippen LogP contribution in [0.2, 0.25) is 0 Å². The number of imidazole rings is 1. The van der Waals surface area contributed by atoms with Crippen molar-refractivity contribution < 1.29 is 32.3 Å². The zero-order valence-electron chi connectivity index (χ0n) is 18.9. The Labute approximate surface area is 207 Å². The normalized spacial score (nSPS) is 14.8. The van der Waals surface area contributed by atoms with Crippen molar-refractivity contribution in [2.24, 2.45) is 11.7 Å². The average Bonchev–Trinajstić information content (AvgIpc) is 3.22. The van der Waals surface area contributed by atoms with E-state index in [0.717, 1.165) is 12.1 Å². The summed E-state index contributed by atoms with van der Waals surface area (Å²) in [4.78, 5) is 52.5. The van der Waals surface area contributed by atoms with Crippen LogP contribution in [0.4, 0.5) is 40.8 Å². The number of benzene rings is 2. The van der Waals surface area contributed by atoms with Gasteiger partial charge in [-0.15, -0.1) is 0 Å². The van der Waals surface area contributed by atoms with Crippen LogP contribution in [-0.4, -0.2) is 33.3 Å². The van der Waals surface area contributed by atoms with E-state index < -0.39 is 41.4 Å². The number of alkyl halides is 3. The van der Waals surface area contributed by atoms with Gasteiger partial charge in [0, 0.05) is 30.0 Å². The third-order valence-electron chi connectivity index (χ3n) is 5.38. The number of primary amides is 1. The molecule has 6 N–H and O–H groups in total. The second-order valence-corrected chi connectivity index (χ2v) is 8.14. The summed E-state index contributed by atoms with van der Waals surface area (Å²) in [5.74, 6) is -2.29. The summed E-state index contributed by atoms with van der Waals surface area (Å²) in [5.41, 5.74) is 4.79. The summed E-state index contributed by atoms with van der Waals surface area (Å²) in [6.45, 7) is 0.117. The van der Waals surface area contributed by atoms with Gasteiger partial charge in [0.05, 0.1) is 17.8 Å². The minimum absolute atomic E-state index is 0.0495. The predicted octanol–water partition coefficient (Wildman–Crippen LogP) is 3.24. The largest absolute Gasteiger partial charge is 0.416 e. The molecule has 0 spiro atoms. The third-order valence-corrected chi connectivity index (χ3v) is 5.38. The smallest absolute Gasteiger partial charge is 0.364 e. The van der Waals surface area contributed by atoms with E-state index in [4.69, 9.17) is 5.73 Å². The van der Waals surface area contributed by atoms with Crippen molar-refractivity contribution in [3.63, 3.8) is 0 Å². The van der Waals surface area contributed by atoms with Crippen LogP contribution in [0.3, 0.4) is 0 Å². The highest BCUT2D eigenvalue weighted by atomic mass is 19.4. The first-order valence-electron chi connectivity index (χ1n) is 10.8. The fourth-order valence-electron chi connectivity index (χ4n) is 3.71. The summed E-state index contributed by atoms with van der Waals surface area (Å²) < 4.78 is 40.1. The summed E-state index contributed by atoms with van der Waals surface area (Å²) in [6, 6.07) is 9.46. The Morgan fingerprint density at radius 3 is 2.30 bits per heavy atom. The molecule has 0 radical (unpaired) electrons. The SMILES string of the molecule is NC(=O)c1ncn2c1NC(=O)C(CC(=O)Nc1cccc(NC(=O)Nc3cccc(C(F)(F)F)c3)c1)C2. The number of carbonyl (C=O) groups excluding carboxylic acids is 4. The summed E-state index contributed by atoms with van der Waals surface area (Å²) >= 11 is 0. The van der Waals surface area contributed by atoms with Gasteiger partial charge in [-0.2, -0.15) is 13.2 Å². The number of hydrogen-bond acceptors (Lipinski definition) is 5. The molecule has 0 saturated carbocycles. The number of hydrogen-bond donors (Lipinski definition) is 5. The van der Waals surface area contributed by atoms with E-state index >= 15 is 0 Å². The Balaban J connectivity index is 1.34. The summed E-state index contributed by atoms with van der Waals surface area (Å²) in [5, 5.41) is 9.96. The monoisotopic (exact) mass is 515 g/mol. The van der Waals surface area contributed by atoms with Gasteiger partial charge in [-0.05, 0) is 36.4 Å². The summed E-state index contributed by atoms with van der Waals surface area (Å²) in [6.07, 6.45) is -3.38. The van der Waals surface area contributed by atoms with E-state index in [1.165, 1.54) is 35.2 Å². The number of nitrogens with two attached hydrogens (primary N) is 1. The second kappa shape index (κ2) is 10.0. The molecule has 5 amide bonds. The molecule has 2 aromatic carbocycles. The van der Waals surface area contributed by atoms with Gasteiger partial charge in [-0.3, -0.25) is 14.4 Å². The molecule has 1 aliphatic rings. The number of fused-ring (bicyclic) bond motifs is 1. The molecule has 1 unspecified atom stereocenters. The van der Waals surface area contributed by atoms with E-state index in [-0.39, 0.29) is 35.9 Å². The maximum atomic E-state index is 12.9. The molecule has 0 bridgehead atoms. The number of anilines is 4. The Morgan fingerprint density at radius 1 is 1.03 bits per heavy atom. The number of halogens is 3. The molecule has 4 rings (SSSR count). The molecule has 0 aliphatic carbocycles. The minimum Gasteiger partial charge on any atom is -0.364 e. The fraction of sp³-hybridized carbons (Fsp3) is 0.174. The van der Waals surface area contributed by atoms with Crippen molar-refractivity contribution in [1.82, 2.24) is 9.55 Å². The molecule has 2 heterocycles. The molecule has 14 heteroatoms. The number of rotatable bonds is 6. The zero-order chi connectivity index (χ0) is 26.7. The molecule has 0 saturated heterocycles. The Bertz CT molecular complexity index is 1390. The molecule has 1 aliphatic heterocycles. The van der Waals surface area contributed by atoms with Crippen molar-refractivity contribution in [3.8, 4) is 0 Å². The lowest BCUT2D eigenvalue weighted by atomic mass is 10.0. The highest BCUT2D eigenvalue weighted by Gasteiger charge is 2.32. The number of urea groups is 1. The van der Waals surface area contributed by atoms with E-state index in [1.807, 2.05) is 0 Å². The number of nitrogens with zero attached hydrogens (tertiary/aromatic N) is 2. The van der Waals surface area contributed by atoms with E-state index in [0.29, 0.717) is 5.69 Å². The van der Waals surface area contributed by atoms with Gasteiger partial charge >= 0.3 is 12.2 Å². The van der Waals surface area contributed by atoms with Crippen LogP contribution in [0.1, 0.15) is 22.5 Å². The van der Waals surface area contributed by atoms with E-state index in [9.17, 15) is 32.3 Å². The van der Waals surface area contributed by atoms with Crippen molar-refractivity contribution >= 4 is 46.6 Å². The highest BCUT2D eigenvalue weighted by Crippen LogP contribution is 2.31. The molecule has 1 aromatic heterocycles. The molecular formula is C23H20F3N7O4. The third kappa shape index (κ3) is 6.04. The first-order valence-corrected chi connectivity index (χ1v) is 10.8. The van der Waals surface area contributed by atoms with Crippen molar-refractivity contribution in [1.29, 1.82) is 0 Å². The first-order chi connectivity index (χ1) is 17.5. The van der Waals surface area contributed by atoms with Gasteiger partial charge in [0.1, 0.15) is 5.82 Å². The van der Waals surface area contributed by atoms with Gasteiger partial charge in [0.25, 0.3) is 5.91 Å². The number of nitrogens with one attached hydrogen (secondary N) is 4. The van der Waals surface area contributed by atoms with Gasteiger partial charge in [0.2, 0.25) is 11.8 Å².